The lowest BCUT2D eigenvalue weighted by Crippen LogP contribution is -2.20. The van der Waals surface area contributed by atoms with Gasteiger partial charge in [-0.3, -0.25) is 4.79 Å². The van der Waals surface area contributed by atoms with Crippen molar-refractivity contribution in [1.82, 2.24) is 34.2 Å². The summed E-state index contributed by atoms with van der Waals surface area (Å²) in [5, 5.41) is 10.5. The number of ether oxygens (including phenoxy) is 1. The number of nitrogens with two attached hydrogens (primary N) is 1. The minimum absolute atomic E-state index is 0.0132. The Kier molecular flexibility index (Phi) is 7.11. The SMILES string of the molecule is CCn1nc(C)cc1NC(=O)Cn1cnc2c(Nc3ccc(OCCN(C)C)cc3)nc(N)nc21. The molecule has 4 N–H and O–H groups in total. The number of imidazole rings is 1. The molecule has 3 heterocycles. The predicted molar refractivity (Wildman–Crippen MR) is 135 cm³/mol. The highest BCUT2D eigenvalue weighted by Gasteiger charge is 2.16. The molecular formula is C23H30N10O2. The number of nitrogens with zero attached hydrogens (tertiary/aromatic N) is 7. The lowest BCUT2D eigenvalue weighted by Gasteiger charge is -2.12. The molecule has 0 fully saturated rings. The van der Waals surface area contributed by atoms with Crippen LogP contribution >= 0.6 is 0 Å². The number of nitrogens with one attached hydrogen (secondary N) is 2. The Hall–Kier alpha value is -4.19. The van der Waals surface area contributed by atoms with Gasteiger partial charge in [0.2, 0.25) is 11.9 Å². The van der Waals surface area contributed by atoms with Gasteiger partial charge in [0.05, 0.1) is 12.0 Å². The number of carbonyl (C=O) groups is 1. The number of nitrogen functional groups attached to an aromatic ring is 1. The van der Waals surface area contributed by atoms with Crippen LogP contribution in [0.1, 0.15) is 12.6 Å². The van der Waals surface area contributed by atoms with Crippen LogP contribution in [0, 0.1) is 6.92 Å². The van der Waals surface area contributed by atoms with Crippen molar-refractivity contribution in [3.05, 3.63) is 42.4 Å². The zero-order valence-electron chi connectivity index (χ0n) is 20.3. The van der Waals surface area contributed by atoms with E-state index in [9.17, 15) is 4.79 Å². The number of benzene rings is 1. The molecule has 0 radical (unpaired) electrons. The highest BCUT2D eigenvalue weighted by atomic mass is 16.5. The standard InChI is InChI=1S/C23H30N10O2/c1-5-33-18(12-15(2)30-33)27-19(34)13-32-14-25-20-21(28-23(24)29-22(20)32)26-16-6-8-17(9-7-16)35-11-10-31(3)4/h6-9,12,14H,5,10-11,13H2,1-4H3,(H,27,34)(H3,24,26,28,29). The normalized spacial score (nSPS) is 11.2. The molecule has 12 nitrogen and oxygen atoms in total. The van der Waals surface area contributed by atoms with Crippen molar-refractivity contribution in [3.8, 4) is 5.75 Å². The van der Waals surface area contributed by atoms with Crippen molar-refractivity contribution in [2.24, 2.45) is 0 Å². The molecule has 12 heteroatoms. The number of hydrogen-bond donors (Lipinski definition) is 3. The number of aryl methyl sites for hydroxylation is 2. The molecule has 0 atom stereocenters. The van der Waals surface area contributed by atoms with Gasteiger partial charge in [-0.1, -0.05) is 0 Å². The summed E-state index contributed by atoms with van der Waals surface area (Å²) in [7, 11) is 4.00. The molecule has 184 valence electrons. The Morgan fingerprint density at radius 1 is 1.20 bits per heavy atom. The summed E-state index contributed by atoms with van der Waals surface area (Å²) in [5.74, 6) is 1.72. The van der Waals surface area contributed by atoms with E-state index in [1.165, 1.54) is 0 Å². The van der Waals surface area contributed by atoms with Gasteiger partial charge in [0.1, 0.15) is 24.7 Å². The van der Waals surface area contributed by atoms with Crippen LogP contribution in [0.25, 0.3) is 11.2 Å². The molecule has 1 aromatic carbocycles. The van der Waals surface area contributed by atoms with Crippen LogP contribution < -0.4 is 21.1 Å². The van der Waals surface area contributed by atoms with E-state index in [1.807, 2.05) is 58.3 Å². The number of rotatable bonds is 10. The first-order valence-electron chi connectivity index (χ1n) is 11.3. The topological polar surface area (TPSA) is 141 Å². The Balaban J connectivity index is 1.48. The third-order valence-corrected chi connectivity index (χ3v) is 5.19. The van der Waals surface area contributed by atoms with Gasteiger partial charge in [0.15, 0.2) is 17.0 Å². The molecule has 1 amide bonds. The fourth-order valence-electron chi connectivity index (χ4n) is 3.51. The molecule has 4 rings (SSSR count). The average molecular weight is 479 g/mol. The van der Waals surface area contributed by atoms with E-state index in [0.29, 0.717) is 36.0 Å². The lowest BCUT2D eigenvalue weighted by atomic mass is 10.3. The third-order valence-electron chi connectivity index (χ3n) is 5.19. The number of likely N-dealkylation sites (N-methyl/N-ethyl adjacent to an activating group) is 1. The minimum atomic E-state index is -0.226. The lowest BCUT2D eigenvalue weighted by molar-refractivity contribution is -0.116. The van der Waals surface area contributed by atoms with Crippen molar-refractivity contribution < 1.29 is 9.53 Å². The Morgan fingerprint density at radius 3 is 2.69 bits per heavy atom. The average Bonchev–Trinajstić information content (AvgIpc) is 3.37. The van der Waals surface area contributed by atoms with Gasteiger partial charge in [-0.2, -0.15) is 15.1 Å². The molecule has 0 bridgehead atoms. The summed E-state index contributed by atoms with van der Waals surface area (Å²) in [4.78, 5) is 27.8. The molecule has 0 aliphatic rings. The predicted octanol–water partition coefficient (Wildman–Crippen LogP) is 2.26. The highest BCUT2D eigenvalue weighted by molar-refractivity contribution is 5.92. The molecule has 0 aliphatic heterocycles. The number of anilines is 4. The summed E-state index contributed by atoms with van der Waals surface area (Å²) in [6.45, 7) is 5.95. The molecule has 0 aliphatic carbocycles. The first kappa shape index (κ1) is 24.0. The van der Waals surface area contributed by atoms with Crippen molar-refractivity contribution in [1.29, 1.82) is 0 Å². The molecule has 3 aromatic heterocycles. The van der Waals surface area contributed by atoms with Crippen LogP contribution in [-0.2, 0) is 17.9 Å². The Bertz CT molecular complexity index is 1310. The van der Waals surface area contributed by atoms with E-state index in [4.69, 9.17) is 10.5 Å². The highest BCUT2D eigenvalue weighted by Crippen LogP contribution is 2.25. The van der Waals surface area contributed by atoms with Crippen molar-refractivity contribution >= 4 is 40.3 Å². The maximum absolute atomic E-state index is 12.7. The van der Waals surface area contributed by atoms with Crippen molar-refractivity contribution in [2.45, 2.75) is 26.9 Å². The number of hydrogen-bond acceptors (Lipinski definition) is 9. The first-order chi connectivity index (χ1) is 16.8. The smallest absolute Gasteiger partial charge is 0.245 e. The van der Waals surface area contributed by atoms with Crippen LogP contribution in [-0.4, -0.2) is 67.4 Å². The first-order valence-corrected chi connectivity index (χ1v) is 11.3. The zero-order valence-corrected chi connectivity index (χ0v) is 20.3. The maximum atomic E-state index is 12.7. The van der Waals surface area contributed by atoms with Gasteiger partial charge in [-0.15, -0.1) is 0 Å². The van der Waals surface area contributed by atoms with Gasteiger partial charge < -0.3 is 30.6 Å². The van der Waals surface area contributed by atoms with E-state index in [0.717, 1.165) is 23.7 Å². The van der Waals surface area contributed by atoms with Crippen LogP contribution in [0.4, 0.5) is 23.3 Å². The van der Waals surface area contributed by atoms with E-state index in [2.05, 4.69) is 35.6 Å². The molecule has 0 spiro atoms. The van der Waals surface area contributed by atoms with Gasteiger partial charge in [0.25, 0.3) is 0 Å². The van der Waals surface area contributed by atoms with Gasteiger partial charge in [0, 0.05) is 24.8 Å². The van der Waals surface area contributed by atoms with E-state index in [1.54, 1.807) is 15.6 Å². The zero-order chi connectivity index (χ0) is 24.9. The summed E-state index contributed by atoms with van der Waals surface area (Å²) >= 11 is 0. The largest absolute Gasteiger partial charge is 0.492 e. The summed E-state index contributed by atoms with van der Waals surface area (Å²) in [6.07, 6.45) is 1.55. The summed E-state index contributed by atoms with van der Waals surface area (Å²) < 4.78 is 9.11. The molecular weight excluding hydrogens is 448 g/mol. The van der Waals surface area contributed by atoms with Crippen LogP contribution in [0.3, 0.4) is 0 Å². The fraction of sp³-hybridized carbons (Fsp3) is 0.348. The Morgan fingerprint density at radius 2 is 1.97 bits per heavy atom. The van der Waals surface area contributed by atoms with E-state index in [-0.39, 0.29) is 18.4 Å². The second-order valence-electron chi connectivity index (χ2n) is 8.31. The number of carbonyl (C=O) groups excluding carboxylic acids is 1. The second-order valence-corrected chi connectivity index (χ2v) is 8.31. The van der Waals surface area contributed by atoms with Crippen molar-refractivity contribution in [2.75, 3.05) is 43.6 Å². The van der Waals surface area contributed by atoms with Crippen LogP contribution in [0.15, 0.2) is 36.7 Å². The van der Waals surface area contributed by atoms with Crippen LogP contribution in [0.5, 0.6) is 5.75 Å². The summed E-state index contributed by atoms with van der Waals surface area (Å²) in [6, 6.07) is 9.36. The molecule has 0 unspecified atom stereocenters. The van der Waals surface area contributed by atoms with Crippen molar-refractivity contribution in [3.63, 3.8) is 0 Å². The monoisotopic (exact) mass is 478 g/mol. The molecule has 0 saturated carbocycles. The summed E-state index contributed by atoms with van der Waals surface area (Å²) in [5.41, 5.74) is 8.55. The quantitative estimate of drug-likeness (QED) is 0.313. The third kappa shape index (κ3) is 5.84. The fourth-order valence-corrected chi connectivity index (χ4v) is 3.51. The van der Waals surface area contributed by atoms with E-state index < -0.39 is 0 Å². The molecule has 0 saturated heterocycles. The Labute approximate surface area is 203 Å². The maximum Gasteiger partial charge on any atom is 0.245 e. The number of amides is 1. The molecule has 4 aromatic rings. The van der Waals surface area contributed by atoms with Crippen LogP contribution in [0.2, 0.25) is 0 Å². The number of aromatic nitrogens is 6. The van der Waals surface area contributed by atoms with Gasteiger partial charge in [-0.25, -0.2) is 9.67 Å². The minimum Gasteiger partial charge on any atom is -0.492 e. The van der Waals surface area contributed by atoms with Gasteiger partial charge >= 0.3 is 0 Å². The molecule has 35 heavy (non-hydrogen) atoms. The van der Waals surface area contributed by atoms with Gasteiger partial charge in [-0.05, 0) is 52.2 Å². The second kappa shape index (κ2) is 10.4. The number of fused-ring (bicyclic) bond motifs is 1. The van der Waals surface area contributed by atoms with E-state index >= 15 is 0 Å².